The summed E-state index contributed by atoms with van der Waals surface area (Å²) in [6.45, 7) is 6.37. The average Bonchev–Trinajstić information content (AvgIpc) is 2.99. The van der Waals surface area contributed by atoms with Gasteiger partial charge in [0.1, 0.15) is 0 Å². The Bertz CT molecular complexity index is 447. The van der Waals surface area contributed by atoms with Crippen molar-refractivity contribution >= 4 is 11.3 Å². The van der Waals surface area contributed by atoms with Crippen LogP contribution in [0.5, 0.6) is 0 Å². The van der Waals surface area contributed by atoms with E-state index in [0.29, 0.717) is 6.04 Å². The number of imidazole rings is 1. The molecule has 0 aromatic carbocycles. The molecule has 4 heteroatoms. The van der Waals surface area contributed by atoms with E-state index >= 15 is 0 Å². The molecule has 2 rings (SSSR count). The Morgan fingerprint density at radius 1 is 1.50 bits per heavy atom. The molecule has 18 heavy (non-hydrogen) atoms. The van der Waals surface area contributed by atoms with E-state index in [1.165, 1.54) is 10.6 Å². The van der Waals surface area contributed by atoms with Crippen LogP contribution in [0.2, 0.25) is 0 Å². The average molecular weight is 263 g/mol. The van der Waals surface area contributed by atoms with Gasteiger partial charge in [-0.1, -0.05) is 13.0 Å². The fourth-order valence-electron chi connectivity index (χ4n) is 2.02. The second-order valence-electron chi connectivity index (χ2n) is 4.64. The van der Waals surface area contributed by atoms with Gasteiger partial charge in [0.05, 0.1) is 12.0 Å². The van der Waals surface area contributed by atoms with E-state index < -0.39 is 0 Å². The molecule has 2 aromatic heterocycles. The van der Waals surface area contributed by atoms with Crippen molar-refractivity contribution in [3.63, 3.8) is 0 Å². The number of aryl methyl sites for hydroxylation is 1. The lowest BCUT2D eigenvalue weighted by molar-refractivity contribution is 0.524. The standard InChI is InChI=1S/C14H21N3S/c1-3-6-17-11-15-9-13(17)10-16-12(2)8-14-5-4-7-18-14/h4-5,7,9,11-12,16H,3,6,8,10H2,1-2H3. The van der Waals surface area contributed by atoms with Gasteiger partial charge in [-0.15, -0.1) is 11.3 Å². The molecule has 1 atom stereocenters. The third kappa shape index (κ3) is 3.68. The van der Waals surface area contributed by atoms with Crippen LogP contribution in [0.15, 0.2) is 30.0 Å². The highest BCUT2D eigenvalue weighted by molar-refractivity contribution is 7.09. The van der Waals surface area contributed by atoms with Gasteiger partial charge >= 0.3 is 0 Å². The first-order valence-corrected chi connectivity index (χ1v) is 7.42. The van der Waals surface area contributed by atoms with E-state index in [4.69, 9.17) is 0 Å². The number of nitrogens with one attached hydrogen (secondary N) is 1. The molecule has 98 valence electrons. The molecule has 1 N–H and O–H groups in total. The van der Waals surface area contributed by atoms with Crippen LogP contribution in [0, 0.1) is 0 Å². The van der Waals surface area contributed by atoms with Gasteiger partial charge in [-0.3, -0.25) is 0 Å². The molecule has 0 bridgehead atoms. The van der Waals surface area contributed by atoms with Crippen LogP contribution in [-0.4, -0.2) is 15.6 Å². The summed E-state index contributed by atoms with van der Waals surface area (Å²) in [4.78, 5) is 5.66. The zero-order valence-corrected chi connectivity index (χ0v) is 11.9. The molecule has 0 aliphatic rings. The summed E-state index contributed by atoms with van der Waals surface area (Å²) >= 11 is 1.83. The Kier molecular flexibility index (Phi) is 4.96. The predicted octanol–water partition coefficient (Wildman–Crippen LogP) is 3.08. The first kappa shape index (κ1) is 13.3. The summed E-state index contributed by atoms with van der Waals surface area (Å²) in [5, 5.41) is 5.71. The van der Waals surface area contributed by atoms with Gasteiger partial charge in [0, 0.05) is 30.2 Å². The van der Waals surface area contributed by atoms with Crippen molar-refractivity contribution in [2.45, 2.75) is 45.8 Å². The molecule has 0 spiro atoms. The molecule has 3 nitrogen and oxygen atoms in total. The summed E-state index contributed by atoms with van der Waals surface area (Å²) < 4.78 is 2.23. The van der Waals surface area contributed by atoms with Gasteiger partial charge in [0.15, 0.2) is 0 Å². The number of thiophene rings is 1. The van der Waals surface area contributed by atoms with E-state index in [2.05, 4.69) is 46.2 Å². The first-order valence-electron chi connectivity index (χ1n) is 6.54. The van der Waals surface area contributed by atoms with E-state index in [9.17, 15) is 0 Å². The number of hydrogen-bond acceptors (Lipinski definition) is 3. The van der Waals surface area contributed by atoms with E-state index in [1.54, 1.807) is 0 Å². The number of rotatable bonds is 7. The maximum atomic E-state index is 4.22. The highest BCUT2D eigenvalue weighted by Gasteiger charge is 2.06. The fraction of sp³-hybridized carbons (Fsp3) is 0.500. The SMILES string of the molecule is CCCn1cncc1CNC(C)Cc1cccs1. The summed E-state index contributed by atoms with van der Waals surface area (Å²) in [5.41, 5.74) is 1.27. The predicted molar refractivity (Wildman–Crippen MR) is 76.8 cm³/mol. The molecule has 0 saturated heterocycles. The number of nitrogens with zero attached hydrogens (tertiary/aromatic N) is 2. The van der Waals surface area contributed by atoms with Gasteiger partial charge in [0.2, 0.25) is 0 Å². The minimum atomic E-state index is 0.494. The molecule has 0 aliphatic heterocycles. The number of hydrogen-bond donors (Lipinski definition) is 1. The van der Waals surface area contributed by atoms with Gasteiger partial charge in [-0.25, -0.2) is 4.98 Å². The highest BCUT2D eigenvalue weighted by Crippen LogP contribution is 2.11. The Labute approximate surface area is 113 Å². The maximum absolute atomic E-state index is 4.22. The van der Waals surface area contributed by atoms with Crippen LogP contribution in [0.3, 0.4) is 0 Å². The van der Waals surface area contributed by atoms with Crippen molar-refractivity contribution in [2.24, 2.45) is 0 Å². The van der Waals surface area contributed by atoms with Crippen molar-refractivity contribution in [1.29, 1.82) is 0 Å². The summed E-state index contributed by atoms with van der Waals surface area (Å²) in [6, 6.07) is 4.81. The second kappa shape index (κ2) is 6.71. The summed E-state index contributed by atoms with van der Waals surface area (Å²) in [7, 11) is 0. The zero-order valence-electron chi connectivity index (χ0n) is 11.1. The molecule has 0 fully saturated rings. The topological polar surface area (TPSA) is 29.9 Å². The Morgan fingerprint density at radius 2 is 2.39 bits per heavy atom. The first-order chi connectivity index (χ1) is 8.79. The van der Waals surface area contributed by atoms with Gasteiger partial charge in [-0.2, -0.15) is 0 Å². The van der Waals surface area contributed by atoms with Crippen molar-refractivity contribution in [1.82, 2.24) is 14.9 Å². The molecule has 0 amide bonds. The van der Waals surface area contributed by atoms with Crippen molar-refractivity contribution in [3.05, 3.63) is 40.6 Å². The van der Waals surface area contributed by atoms with E-state index in [0.717, 1.165) is 25.9 Å². The lowest BCUT2D eigenvalue weighted by atomic mass is 10.2. The molecule has 2 heterocycles. The fourth-order valence-corrected chi connectivity index (χ4v) is 2.85. The molecular formula is C14H21N3S. The van der Waals surface area contributed by atoms with Gasteiger partial charge < -0.3 is 9.88 Å². The maximum Gasteiger partial charge on any atom is 0.0948 e. The van der Waals surface area contributed by atoms with Crippen molar-refractivity contribution in [2.75, 3.05) is 0 Å². The van der Waals surface area contributed by atoms with Crippen LogP contribution >= 0.6 is 11.3 Å². The molecule has 1 unspecified atom stereocenters. The Hall–Kier alpha value is -1.13. The van der Waals surface area contributed by atoms with Crippen LogP contribution in [0.1, 0.15) is 30.8 Å². The highest BCUT2D eigenvalue weighted by atomic mass is 32.1. The normalized spacial score (nSPS) is 12.8. The van der Waals surface area contributed by atoms with Crippen LogP contribution in [-0.2, 0) is 19.5 Å². The molecule has 0 saturated carbocycles. The second-order valence-corrected chi connectivity index (χ2v) is 5.68. The van der Waals surface area contributed by atoms with Crippen LogP contribution in [0.25, 0.3) is 0 Å². The minimum absolute atomic E-state index is 0.494. The lowest BCUT2D eigenvalue weighted by Crippen LogP contribution is -2.28. The minimum Gasteiger partial charge on any atom is -0.333 e. The van der Waals surface area contributed by atoms with Crippen molar-refractivity contribution in [3.8, 4) is 0 Å². The quantitative estimate of drug-likeness (QED) is 0.832. The Balaban J connectivity index is 1.81. The number of aromatic nitrogens is 2. The monoisotopic (exact) mass is 263 g/mol. The molecule has 2 aromatic rings. The summed E-state index contributed by atoms with van der Waals surface area (Å²) in [6.07, 6.45) is 6.12. The van der Waals surface area contributed by atoms with E-state index in [1.807, 2.05) is 23.9 Å². The van der Waals surface area contributed by atoms with Crippen LogP contribution in [0.4, 0.5) is 0 Å². The van der Waals surface area contributed by atoms with Gasteiger partial charge in [-0.05, 0) is 31.2 Å². The van der Waals surface area contributed by atoms with Gasteiger partial charge in [0.25, 0.3) is 0 Å². The molecule has 0 radical (unpaired) electrons. The smallest absolute Gasteiger partial charge is 0.0948 e. The molecule has 0 aliphatic carbocycles. The Morgan fingerprint density at radius 3 is 3.11 bits per heavy atom. The zero-order chi connectivity index (χ0) is 12.8. The summed E-state index contributed by atoms with van der Waals surface area (Å²) in [5.74, 6) is 0. The third-order valence-electron chi connectivity index (χ3n) is 2.98. The lowest BCUT2D eigenvalue weighted by Gasteiger charge is -2.14. The molecular weight excluding hydrogens is 242 g/mol. The van der Waals surface area contributed by atoms with Crippen LogP contribution < -0.4 is 5.32 Å². The largest absolute Gasteiger partial charge is 0.333 e. The van der Waals surface area contributed by atoms with E-state index in [-0.39, 0.29) is 0 Å². The van der Waals surface area contributed by atoms with Crippen molar-refractivity contribution < 1.29 is 0 Å². The third-order valence-corrected chi connectivity index (χ3v) is 3.88.